The fourth-order valence-corrected chi connectivity index (χ4v) is 3.21. The van der Waals surface area contributed by atoms with Crippen LogP contribution in [-0.2, 0) is 10.4 Å². The standard InChI is InChI=1S/C16H12N2O4S.K/c19-23(20,21-15-9-17-13-7-3-1-5-11(13)15)22-16-10-18-14-8-4-2-6-12(14)16;/h1-10,17-18H;/q;+1. The molecule has 2 aromatic heterocycles. The van der Waals surface area contributed by atoms with Gasteiger partial charge in [-0.15, -0.1) is 8.42 Å². The van der Waals surface area contributed by atoms with Gasteiger partial charge in [-0.25, -0.2) is 0 Å². The van der Waals surface area contributed by atoms with Crippen molar-refractivity contribution in [3.63, 3.8) is 0 Å². The molecule has 2 heterocycles. The van der Waals surface area contributed by atoms with Crippen LogP contribution in [0.25, 0.3) is 21.8 Å². The van der Waals surface area contributed by atoms with Crippen molar-refractivity contribution < 1.29 is 68.2 Å². The van der Waals surface area contributed by atoms with E-state index in [1.165, 1.54) is 12.4 Å². The molecule has 8 heteroatoms. The minimum Gasteiger partial charge on any atom is -0.358 e. The maximum Gasteiger partial charge on any atom is 1.00 e. The van der Waals surface area contributed by atoms with Crippen molar-refractivity contribution in [2.24, 2.45) is 0 Å². The van der Waals surface area contributed by atoms with Gasteiger partial charge in [-0.1, -0.05) is 24.3 Å². The van der Waals surface area contributed by atoms with Crippen molar-refractivity contribution >= 4 is 32.2 Å². The van der Waals surface area contributed by atoms with Gasteiger partial charge in [-0.05, 0) is 24.3 Å². The Morgan fingerprint density at radius 3 is 1.58 bits per heavy atom. The molecule has 24 heavy (non-hydrogen) atoms. The molecule has 4 rings (SSSR count). The second kappa shape index (κ2) is 6.91. The van der Waals surface area contributed by atoms with E-state index in [4.69, 9.17) is 8.37 Å². The minimum atomic E-state index is -4.25. The van der Waals surface area contributed by atoms with Gasteiger partial charge in [-0.2, -0.15) is 0 Å². The average Bonchev–Trinajstić information content (AvgIpc) is 3.12. The Labute approximate surface area is 180 Å². The van der Waals surface area contributed by atoms with E-state index in [1.54, 1.807) is 24.3 Å². The summed E-state index contributed by atoms with van der Waals surface area (Å²) in [6.07, 6.45) is 2.97. The molecule has 0 aliphatic rings. The molecule has 0 saturated heterocycles. The third kappa shape index (κ3) is 3.39. The number of H-pyrrole nitrogens is 2. The van der Waals surface area contributed by atoms with E-state index in [2.05, 4.69) is 9.97 Å². The van der Waals surface area contributed by atoms with Crippen molar-refractivity contribution in [2.75, 3.05) is 0 Å². The second-order valence-corrected chi connectivity index (χ2v) is 6.12. The predicted molar refractivity (Wildman–Crippen MR) is 86.8 cm³/mol. The van der Waals surface area contributed by atoms with Gasteiger partial charge >= 0.3 is 61.8 Å². The van der Waals surface area contributed by atoms with E-state index in [-0.39, 0.29) is 62.9 Å². The molecule has 6 nitrogen and oxygen atoms in total. The monoisotopic (exact) mass is 367 g/mol. The fraction of sp³-hybridized carbons (Fsp3) is 0. The molecular weight excluding hydrogens is 355 g/mol. The van der Waals surface area contributed by atoms with Gasteiger partial charge in [0.25, 0.3) is 0 Å². The van der Waals surface area contributed by atoms with Gasteiger partial charge in [0.1, 0.15) is 0 Å². The molecule has 0 radical (unpaired) electrons. The van der Waals surface area contributed by atoms with Gasteiger partial charge < -0.3 is 18.3 Å². The minimum absolute atomic E-state index is 0. The molecule has 2 aromatic carbocycles. The molecule has 0 amide bonds. The van der Waals surface area contributed by atoms with Crippen LogP contribution < -0.4 is 59.8 Å². The van der Waals surface area contributed by atoms with Crippen molar-refractivity contribution in [3.05, 3.63) is 60.9 Å². The number of hydrogen-bond acceptors (Lipinski definition) is 4. The van der Waals surface area contributed by atoms with Crippen LogP contribution in [0.5, 0.6) is 11.5 Å². The first kappa shape index (κ1) is 17.5. The average molecular weight is 367 g/mol. The summed E-state index contributed by atoms with van der Waals surface area (Å²) >= 11 is 0. The normalized spacial score (nSPS) is 11.3. The molecule has 0 aliphatic carbocycles. The van der Waals surface area contributed by atoms with Crippen LogP contribution in [-0.4, -0.2) is 18.4 Å². The Bertz CT molecular complexity index is 1020. The molecule has 4 aromatic rings. The van der Waals surface area contributed by atoms with Gasteiger partial charge in [0.15, 0.2) is 11.5 Å². The summed E-state index contributed by atoms with van der Waals surface area (Å²) in [5.41, 5.74) is 1.56. The Balaban J connectivity index is 0.00000169. The molecule has 0 fully saturated rings. The summed E-state index contributed by atoms with van der Waals surface area (Å²) in [6, 6.07) is 14.5. The zero-order valence-corrected chi connectivity index (χ0v) is 16.8. The molecule has 0 unspecified atom stereocenters. The molecular formula is C16H12KN2O4S+. The molecule has 0 spiro atoms. The molecule has 0 aliphatic heterocycles. The summed E-state index contributed by atoms with van der Waals surface area (Å²) < 4.78 is 34.5. The first-order valence-corrected chi connectivity index (χ1v) is 8.22. The van der Waals surface area contributed by atoms with E-state index < -0.39 is 10.4 Å². The van der Waals surface area contributed by atoms with Crippen molar-refractivity contribution in [3.8, 4) is 11.5 Å². The zero-order chi connectivity index (χ0) is 15.9. The van der Waals surface area contributed by atoms with Crippen molar-refractivity contribution in [1.82, 2.24) is 9.97 Å². The summed E-state index contributed by atoms with van der Waals surface area (Å²) in [6.45, 7) is 0. The number of para-hydroxylation sites is 2. The van der Waals surface area contributed by atoms with Crippen LogP contribution in [0.3, 0.4) is 0 Å². The number of aromatic amines is 2. The Hall–Kier alpha value is -1.29. The number of hydrogen-bond donors (Lipinski definition) is 2. The van der Waals surface area contributed by atoms with Crippen LogP contribution in [0.1, 0.15) is 0 Å². The van der Waals surface area contributed by atoms with Crippen LogP contribution in [0.2, 0.25) is 0 Å². The first-order chi connectivity index (χ1) is 11.1. The van der Waals surface area contributed by atoms with E-state index in [1.807, 2.05) is 24.3 Å². The maximum atomic E-state index is 12.2. The summed E-state index contributed by atoms with van der Waals surface area (Å²) in [5, 5.41) is 1.33. The van der Waals surface area contributed by atoms with E-state index in [0.717, 1.165) is 11.0 Å². The maximum absolute atomic E-state index is 12.2. The Morgan fingerprint density at radius 1 is 0.708 bits per heavy atom. The molecule has 0 saturated carbocycles. The van der Waals surface area contributed by atoms with Gasteiger partial charge in [-0.3, -0.25) is 0 Å². The number of aromatic nitrogens is 2. The third-order valence-corrected chi connectivity index (χ3v) is 4.25. The Morgan fingerprint density at radius 2 is 1.12 bits per heavy atom. The topological polar surface area (TPSA) is 84.2 Å². The quantitative estimate of drug-likeness (QED) is 0.510. The van der Waals surface area contributed by atoms with Crippen molar-refractivity contribution in [1.29, 1.82) is 0 Å². The van der Waals surface area contributed by atoms with Crippen LogP contribution >= 0.6 is 0 Å². The van der Waals surface area contributed by atoms with Gasteiger partial charge in [0.05, 0.1) is 0 Å². The largest absolute Gasteiger partial charge is 1.00 e. The van der Waals surface area contributed by atoms with Gasteiger partial charge in [0, 0.05) is 34.2 Å². The SMILES string of the molecule is O=S(=O)(Oc1c[nH]c2ccccc12)Oc1c[nH]c2ccccc12.[K+]. The number of fused-ring (bicyclic) bond motifs is 2. The Kier molecular flexibility index (Phi) is 5.04. The fourth-order valence-electron chi connectivity index (χ4n) is 2.46. The summed E-state index contributed by atoms with van der Waals surface area (Å²) in [5.74, 6) is 0.390. The van der Waals surface area contributed by atoms with E-state index in [9.17, 15) is 8.42 Å². The zero-order valence-electron chi connectivity index (χ0n) is 12.8. The first-order valence-electron chi connectivity index (χ1n) is 6.88. The molecule has 0 bridgehead atoms. The summed E-state index contributed by atoms with van der Waals surface area (Å²) in [7, 11) is -4.25. The van der Waals surface area contributed by atoms with E-state index in [0.29, 0.717) is 10.8 Å². The smallest absolute Gasteiger partial charge is 0.358 e. The molecule has 2 N–H and O–H groups in total. The van der Waals surface area contributed by atoms with Gasteiger partial charge in [0.2, 0.25) is 0 Å². The summed E-state index contributed by atoms with van der Waals surface area (Å²) in [4.78, 5) is 5.90. The van der Waals surface area contributed by atoms with Crippen molar-refractivity contribution in [2.45, 2.75) is 0 Å². The second-order valence-electron chi connectivity index (χ2n) is 4.97. The molecule has 116 valence electrons. The number of nitrogens with one attached hydrogen (secondary N) is 2. The number of benzene rings is 2. The number of rotatable bonds is 4. The van der Waals surface area contributed by atoms with Crippen LogP contribution in [0.15, 0.2) is 60.9 Å². The van der Waals surface area contributed by atoms with Crippen LogP contribution in [0.4, 0.5) is 0 Å². The molecule has 0 atom stereocenters. The predicted octanol–water partition coefficient (Wildman–Crippen LogP) is 0.356. The van der Waals surface area contributed by atoms with E-state index >= 15 is 0 Å². The van der Waals surface area contributed by atoms with Crippen LogP contribution in [0, 0.1) is 0 Å². The third-order valence-electron chi connectivity index (χ3n) is 3.49.